The van der Waals surface area contributed by atoms with E-state index in [9.17, 15) is 0 Å². The third-order valence-corrected chi connectivity index (χ3v) is 16.0. The normalized spacial score (nSPS) is 15.9. The van der Waals surface area contributed by atoms with Gasteiger partial charge in [-0.1, -0.05) is 107 Å². The van der Waals surface area contributed by atoms with Gasteiger partial charge >= 0.3 is 0 Å². The van der Waals surface area contributed by atoms with E-state index in [2.05, 4.69) is 138 Å². The summed E-state index contributed by atoms with van der Waals surface area (Å²) in [6, 6.07) is 53.5. The number of benzene rings is 6. The van der Waals surface area contributed by atoms with Crippen LogP contribution in [0.1, 0.15) is 46.0 Å². The number of aromatic nitrogens is 4. The van der Waals surface area contributed by atoms with Crippen LogP contribution < -0.4 is 24.6 Å². The van der Waals surface area contributed by atoms with E-state index in [1.807, 2.05) is 42.6 Å². The standard InChI is InChI=1S/C51H43N5OSi.Pt/c1-53-34-55(45-25-22-36(32-47(45)53)54-28-11-4-12-29-54)37-14-13-15-38(31-37)57-39-23-24-41-40-16-5-8-19-44(40)56(46(41)33-39)50-30-35(26-27-52-50)51-42-17-6-9-20-48(42)58(2,3)49-21-10-7-18-43(49)51;/h5-10,13-27,30,32,51H,4,11-12,28-29H2,1-3H3;/q-2;/i1D3;. The van der Waals surface area contributed by atoms with Crippen LogP contribution in [-0.2, 0) is 28.0 Å². The Morgan fingerprint density at radius 2 is 1.47 bits per heavy atom. The van der Waals surface area contributed by atoms with Gasteiger partial charge in [0.1, 0.15) is 13.9 Å². The number of piperidine rings is 1. The van der Waals surface area contributed by atoms with Crippen LogP contribution in [0.5, 0.6) is 11.5 Å². The van der Waals surface area contributed by atoms with Gasteiger partial charge in [0.15, 0.2) is 0 Å². The summed E-state index contributed by atoms with van der Waals surface area (Å²) in [5.74, 6) is 1.88. The molecule has 0 spiro atoms. The number of rotatable bonds is 6. The summed E-state index contributed by atoms with van der Waals surface area (Å²) in [6.07, 6.45) is 8.54. The largest absolute Gasteiger partial charge is 0.510 e. The van der Waals surface area contributed by atoms with Gasteiger partial charge in [-0.25, -0.2) is 4.98 Å². The van der Waals surface area contributed by atoms with Crippen molar-refractivity contribution in [2.24, 2.45) is 6.98 Å². The van der Waals surface area contributed by atoms with Gasteiger partial charge in [-0.2, -0.15) is 18.2 Å². The number of fused-ring (bicyclic) bond motifs is 6. The molecule has 0 saturated carbocycles. The number of para-hydroxylation sites is 1. The van der Waals surface area contributed by atoms with E-state index in [1.54, 1.807) is 4.57 Å². The summed E-state index contributed by atoms with van der Waals surface area (Å²) in [5, 5.41) is 5.10. The topological polar surface area (TPSA) is 39.1 Å². The van der Waals surface area contributed by atoms with Crippen molar-refractivity contribution >= 4 is 57.0 Å². The zero-order valence-corrected chi connectivity index (χ0v) is 36.1. The maximum Gasteiger partial charge on any atom is 0.242 e. The van der Waals surface area contributed by atoms with Gasteiger partial charge in [-0.3, -0.25) is 0 Å². The molecule has 0 atom stereocenters. The Labute approximate surface area is 364 Å². The van der Waals surface area contributed by atoms with Crippen LogP contribution in [0.3, 0.4) is 0 Å². The van der Waals surface area contributed by atoms with Crippen LogP contribution in [0.15, 0.2) is 140 Å². The van der Waals surface area contributed by atoms with Gasteiger partial charge in [0.2, 0.25) is 6.33 Å². The average Bonchev–Trinajstić information content (AvgIpc) is 3.83. The molecule has 9 aromatic rings. The molecule has 5 heterocycles. The van der Waals surface area contributed by atoms with Crippen LogP contribution in [0.25, 0.3) is 44.3 Å². The van der Waals surface area contributed by atoms with Gasteiger partial charge in [0, 0.05) is 69.0 Å². The van der Waals surface area contributed by atoms with Crippen molar-refractivity contribution in [3.63, 3.8) is 0 Å². The first-order valence-corrected chi connectivity index (χ1v) is 23.2. The summed E-state index contributed by atoms with van der Waals surface area (Å²) in [6.45, 7) is 4.43. The Balaban J connectivity index is 0.00000458. The number of pyridine rings is 1. The van der Waals surface area contributed by atoms with E-state index in [0.29, 0.717) is 22.7 Å². The van der Waals surface area contributed by atoms with Gasteiger partial charge in [-0.15, -0.1) is 29.7 Å². The fourth-order valence-electron chi connectivity index (χ4n) is 9.58. The number of anilines is 1. The summed E-state index contributed by atoms with van der Waals surface area (Å²) >= 11 is 0. The molecule has 2 aliphatic rings. The molecule has 3 aromatic heterocycles. The molecule has 0 radical (unpaired) electrons. The molecule has 11 rings (SSSR count). The molecular weight excluding hydrogens is 922 g/mol. The Morgan fingerprint density at radius 1 is 0.729 bits per heavy atom. The first-order chi connectivity index (χ1) is 29.6. The molecule has 1 saturated heterocycles. The van der Waals surface area contributed by atoms with E-state index in [-0.39, 0.29) is 27.0 Å². The van der Waals surface area contributed by atoms with E-state index in [4.69, 9.17) is 13.8 Å². The molecule has 0 amide bonds. The maximum absolute atomic E-state index is 8.35. The van der Waals surface area contributed by atoms with Crippen molar-refractivity contribution in [1.29, 1.82) is 0 Å². The molecule has 1 fully saturated rings. The van der Waals surface area contributed by atoms with Gasteiger partial charge in [-0.05, 0) is 71.7 Å². The number of ether oxygens (including phenoxy) is 1. The predicted molar refractivity (Wildman–Crippen MR) is 236 cm³/mol. The Kier molecular flexibility index (Phi) is 8.57. The minimum atomic E-state index is -2.42. The maximum atomic E-state index is 8.35. The minimum absolute atomic E-state index is 0. The molecule has 6 nitrogen and oxygen atoms in total. The summed E-state index contributed by atoms with van der Waals surface area (Å²) < 4.78 is 36.8. The van der Waals surface area contributed by atoms with Crippen molar-refractivity contribution in [2.75, 3.05) is 18.0 Å². The van der Waals surface area contributed by atoms with Gasteiger partial charge in [0.25, 0.3) is 0 Å². The Morgan fingerprint density at radius 3 is 2.27 bits per heavy atom. The third kappa shape index (κ3) is 6.25. The minimum Gasteiger partial charge on any atom is -0.510 e. The molecule has 59 heavy (non-hydrogen) atoms. The van der Waals surface area contributed by atoms with Crippen LogP contribution in [-0.4, -0.2) is 35.3 Å². The van der Waals surface area contributed by atoms with Crippen LogP contribution >= 0.6 is 0 Å². The monoisotopic (exact) mass is 967 g/mol. The zero-order valence-electron chi connectivity index (χ0n) is 35.9. The number of imidazole rings is 1. The van der Waals surface area contributed by atoms with Crippen LogP contribution in [0.4, 0.5) is 5.69 Å². The third-order valence-electron chi connectivity index (χ3n) is 12.4. The molecule has 0 unspecified atom stereocenters. The van der Waals surface area contributed by atoms with E-state index < -0.39 is 15.0 Å². The smallest absolute Gasteiger partial charge is 0.242 e. The number of nitrogens with zero attached hydrogens (tertiary/aromatic N) is 5. The summed E-state index contributed by atoms with van der Waals surface area (Å²) in [7, 11) is -1.91. The molecule has 0 bridgehead atoms. The van der Waals surface area contributed by atoms with Crippen LogP contribution in [0, 0.1) is 18.5 Å². The van der Waals surface area contributed by atoms with Crippen LogP contribution in [0.2, 0.25) is 13.1 Å². The number of aryl methyl sites for hydroxylation is 1. The van der Waals surface area contributed by atoms with Crippen molar-refractivity contribution in [3.05, 3.63) is 175 Å². The first-order valence-electron chi connectivity index (χ1n) is 21.7. The molecule has 0 aliphatic carbocycles. The van der Waals surface area contributed by atoms with E-state index in [0.717, 1.165) is 64.8 Å². The van der Waals surface area contributed by atoms with E-state index in [1.165, 1.54) is 38.1 Å². The van der Waals surface area contributed by atoms with Gasteiger partial charge < -0.3 is 23.3 Å². The molecule has 8 heteroatoms. The second-order valence-electron chi connectivity index (χ2n) is 16.1. The Bertz CT molecular complexity index is 3120. The zero-order chi connectivity index (χ0) is 41.5. The Hall–Kier alpha value is -5.75. The van der Waals surface area contributed by atoms with E-state index >= 15 is 0 Å². The summed E-state index contributed by atoms with van der Waals surface area (Å²) in [4.78, 5) is 7.34. The molecule has 2 aliphatic heterocycles. The number of hydrogen-bond acceptors (Lipinski definition) is 3. The predicted octanol–water partition coefficient (Wildman–Crippen LogP) is 9.44. The summed E-state index contributed by atoms with van der Waals surface area (Å²) in [5.41, 5.74) is 8.78. The fourth-order valence-corrected chi connectivity index (χ4v) is 12.8. The fraction of sp³-hybridized carbons (Fsp3) is 0.176. The van der Waals surface area contributed by atoms with Crippen molar-refractivity contribution in [1.82, 2.24) is 14.1 Å². The number of hydrogen-bond donors (Lipinski definition) is 0. The first kappa shape index (κ1) is 34.1. The second-order valence-corrected chi connectivity index (χ2v) is 20.4. The molecule has 294 valence electrons. The molecular formula is C51H43N5OPtSi-2. The molecule has 0 N–H and O–H groups in total. The van der Waals surface area contributed by atoms with Crippen molar-refractivity contribution in [3.8, 4) is 23.0 Å². The van der Waals surface area contributed by atoms with Gasteiger partial charge in [0.05, 0.1) is 22.1 Å². The quantitative estimate of drug-likeness (QED) is 0.0948. The van der Waals surface area contributed by atoms with Crippen molar-refractivity contribution in [2.45, 2.75) is 38.3 Å². The second kappa shape index (κ2) is 14.8. The average molecular weight is 968 g/mol. The van der Waals surface area contributed by atoms with Crippen molar-refractivity contribution < 1.29 is 34.5 Å². The SMILES string of the molecule is [2H]C([2H])([2H])[n+]1[c-]n(-c2[c-]c(Oc3[c-]c4c(cc3)c3ccccc3n4-c3cc(C4c5ccccc5[Si](C)(C)c5ccccc54)ccn3)ccc2)c2ccc(N3CCCCC3)cc21.[Pt]. The molecule has 6 aromatic carbocycles.